The van der Waals surface area contributed by atoms with Crippen molar-refractivity contribution in [1.29, 1.82) is 0 Å². The maximum atomic E-state index is 12.6. The minimum absolute atomic E-state index is 0.0649. The first-order valence-corrected chi connectivity index (χ1v) is 5.65. The summed E-state index contributed by atoms with van der Waals surface area (Å²) in [5.41, 5.74) is 0.699. The topological polar surface area (TPSA) is 29.3 Å². The van der Waals surface area contributed by atoms with Crippen LogP contribution < -0.4 is 0 Å². The average Bonchev–Trinajstić information content (AvgIpc) is 2.63. The first-order valence-electron chi connectivity index (χ1n) is 5.65. The average molecular weight is 248 g/mol. The van der Waals surface area contributed by atoms with Crippen molar-refractivity contribution < 1.29 is 17.6 Å². The van der Waals surface area contributed by atoms with E-state index in [9.17, 15) is 13.2 Å². The summed E-state index contributed by atoms with van der Waals surface area (Å²) in [6, 6.07) is 0. The zero-order chi connectivity index (χ0) is 12.5. The minimum Gasteiger partial charge on any atom is -0.449 e. The molecule has 1 unspecified atom stereocenters. The van der Waals surface area contributed by atoms with Gasteiger partial charge in [0, 0.05) is 20.0 Å². The summed E-state index contributed by atoms with van der Waals surface area (Å²) in [4.78, 5) is 5.89. The Morgan fingerprint density at radius 2 is 2.29 bits per heavy atom. The van der Waals surface area contributed by atoms with Gasteiger partial charge < -0.3 is 4.42 Å². The fourth-order valence-corrected chi connectivity index (χ4v) is 2.18. The molecule has 0 N–H and O–H groups in total. The van der Waals surface area contributed by atoms with Crippen LogP contribution in [0.1, 0.15) is 24.4 Å². The summed E-state index contributed by atoms with van der Waals surface area (Å²) in [6.07, 6.45) is -1.76. The highest BCUT2D eigenvalue weighted by Crippen LogP contribution is 2.33. The van der Waals surface area contributed by atoms with Gasteiger partial charge in [-0.1, -0.05) is 0 Å². The molecule has 96 valence electrons. The van der Waals surface area contributed by atoms with E-state index in [0.717, 1.165) is 0 Å². The van der Waals surface area contributed by atoms with E-state index in [1.165, 1.54) is 6.26 Å². The molecule has 2 heterocycles. The van der Waals surface area contributed by atoms with Crippen LogP contribution in [0.2, 0.25) is 0 Å². The van der Waals surface area contributed by atoms with Gasteiger partial charge in [-0.05, 0) is 19.4 Å². The molecule has 0 amide bonds. The summed E-state index contributed by atoms with van der Waals surface area (Å²) >= 11 is 0. The van der Waals surface area contributed by atoms with Crippen molar-refractivity contribution in [3.63, 3.8) is 0 Å². The van der Waals surface area contributed by atoms with Crippen molar-refractivity contribution in [3.05, 3.63) is 17.8 Å². The highest BCUT2D eigenvalue weighted by molar-refractivity contribution is 4.96. The third kappa shape index (κ3) is 3.21. The number of nitrogens with zero attached hydrogens (tertiary/aromatic N) is 2. The summed E-state index contributed by atoms with van der Waals surface area (Å²) in [5, 5.41) is 0. The molecule has 3 nitrogen and oxygen atoms in total. The Kier molecular flexibility index (Phi) is 3.42. The van der Waals surface area contributed by atoms with Crippen LogP contribution in [0.15, 0.2) is 10.7 Å². The lowest BCUT2D eigenvalue weighted by Gasteiger charge is -2.33. The molecular formula is C11H15F3N2O. The largest absolute Gasteiger partial charge is 0.449 e. The fourth-order valence-electron chi connectivity index (χ4n) is 2.18. The second kappa shape index (κ2) is 4.68. The molecule has 0 spiro atoms. The van der Waals surface area contributed by atoms with Crippen LogP contribution in [-0.2, 0) is 6.54 Å². The van der Waals surface area contributed by atoms with Crippen LogP contribution in [0, 0.1) is 12.8 Å². The van der Waals surface area contributed by atoms with Gasteiger partial charge in [0.2, 0.25) is 0 Å². The number of aromatic nitrogens is 1. The van der Waals surface area contributed by atoms with Crippen molar-refractivity contribution in [2.24, 2.45) is 5.92 Å². The van der Waals surface area contributed by atoms with Gasteiger partial charge in [0.05, 0.1) is 11.6 Å². The second-order valence-corrected chi connectivity index (χ2v) is 4.47. The van der Waals surface area contributed by atoms with E-state index in [-0.39, 0.29) is 13.0 Å². The molecule has 6 heteroatoms. The summed E-state index contributed by atoms with van der Waals surface area (Å²) in [6.45, 7) is 2.91. The normalized spacial score (nSPS) is 22.9. The van der Waals surface area contributed by atoms with Crippen molar-refractivity contribution >= 4 is 0 Å². The van der Waals surface area contributed by atoms with E-state index in [0.29, 0.717) is 31.1 Å². The van der Waals surface area contributed by atoms with Crippen LogP contribution >= 0.6 is 0 Å². The molecular weight excluding hydrogens is 233 g/mol. The van der Waals surface area contributed by atoms with Crippen molar-refractivity contribution in [1.82, 2.24) is 9.88 Å². The Labute approximate surface area is 97.6 Å². The van der Waals surface area contributed by atoms with Crippen LogP contribution in [0.25, 0.3) is 0 Å². The molecule has 1 aromatic heterocycles. The number of alkyl halides is 3. The van der Waals surface area contributed by atoms with Crippen molar-refractivity contribution in [2.45, 2.75) is 32.5 Å². The van der Waals surface area contributed by atoms with Crippen LogP contribution in [0.3, 0.4) is 0 Å². The number of halogens is 3. The maximum absolute atomic E-state index is 12.6. The number of oxazole rings is 1. The predicted octanol–water partition coefficient (Wildman–Crippen LogP) is 2.76. The lowest BCUT2D eigenvalue weighted by molar-refractivity contribution is -0.187. The smallest absolute Gasteiger partial charge is 0.393 e. The first kappa shape index (κ1) is 12.4. The Hall–Kier alpha value is -1.04. The van der Waals surface area contributed by atoms with Crippen LogP contribution in [-0.4, -0.2) is 29.1 Å². The van der Waals surface area contributed by atoms with Gasteiger partial charge in [-0.3, -0.25) is 4.90 Å². The molecule has 1 atom stereocenters. The van der Waals surface area contributed by atoms with Crippen LogP contribution in [0.5, 0.6) is 0 Å². The molecule has 0 aromatic carbocycles. The van der Waals surface area contributed by atoms with Gasteiger partial charge in [0.1, 0.15) is 6.26 Å². The number of piperidine rings is 1. The fraction of sp³-hybridized carbons (Fsp3) is 0.727. The standard InChI is InChI=1S/C11H15F3N2O/c1-8-15-10(7-17-8)6-16-4-2-3-9(5-16)11(12,13)14/h7,9H,2-6H2,1H3. The molecule has 0 radical (unpaired) electrons. The Morgan fingerprint density at radius 3 is 2.88 bits per heavy atom. The molecule has 17 heavy (non-hydrogen) atoms. The lowest BCUT2D eigenvalue weighted by Crippen LogP contribution is -2.41. The second-order valence-electron chi connectivity index (χ2n) is 4.47. The quantitative estimate of drug-likeness (QED) is 0.806. The van der Waals surface area contributed by atoms with Gasteiger partial charge in [-0.2, -0.15) is 13.2 Å². The lowest BCUT2D eigenvalue weighted by atomic mass is 9.97. The SMILES string of the molecule is Cc1nc(CN2CCCC(C(F)(F)F)C2)co1. The molecule has 0 aliphatic carbocycles. The predicted molar refractivity (Wildman–Crippen MR) is 55.3 cm³/mol. The Morgan fingerprint density at radius 1 is 1.53 bits per heavy atom. The molecule has 0 bridgehead atoms. The molecule has 1 aromatic rings. The number of aryl methyl sites for hydroxylation is 1. The van der Waals surface area contributed by atoms with Crippen LogP contribution in [0.4, 0.5) is 13.2 Å². The van der Waals surface area contributed by atoms with E-state index in [1.807, 2.05) is 0 Å². The summed E-state index contributed by atoms with van der Waals surface area (Å²) in [5.74, 6) is -0.659. The van der Waals surface area contributed by atoms with Gasteiger partial charge in [0.15, 0.2) is 5.89 Å². The molecule has 1 fully saturated rings. The van der Waals surface area contributed by atoms with E-state index in [2.05, 4.69) is 4.98 Å². The van der Waals surface area contributed by atoms with Gasteiger partial charge in [-0.15, -0.1) is 0 Å². The zero-order valence-corrected chi connectivity index (χ0v) is 9.63. The minimum atomic E-state index is -4.08. The molecule has 1 saturated heterocycles. The number of likely N-dealkylation sites (tertiary alicyclic amines) is 1. The molecule has 0 saturated carbocycles. The molecule has 1 aliphatic heterocycles. The monoisotopic (exact) mass is 248 g/mol. The van der Waals surface area contributed by atoms with Crippen molar-refractivity contribution in [2.75, 3.05) is 13.1 Å². The first-order chi connectivity index (χ1) is 7.95. The zero-order valence-electron chi connectivity index (χ0n) is 9.63. The molecule has 1 aliphatic rings. The summed E-state index contributed by atoms with van der Waals surface area (Å²) in [7, 11) is 0. The van der Waals surface area contributed by atoms with E-state index in [4.69, 9.17) is 4.42 Å². The third-order valence-corrected chi connectivity index (χ3v) is 3.02. The molecule has 2 rings (SSSR count). The van der Waals surface area contributed by atoms with E-state index >= 15 is 0 Å². The van der Waals surface area contributed by atoms with Gasteiger partial charge in [-0.25, -0.2) is 4.98 Å². The summed E-state index contributed by atoms with van der Waals surface area (Å²) < 4.78 is 42.8. The number of hydrogen-bond acceptors (Lipinski definition) is 3. The van der Waals surface area contributed by atoms with E-state index < -0.39 is 12.1 Å². The highest BCUT2D eigenvalue weighted by atomic mass is 19.4. The van der Waals surface area contributed by atoms with Crippen molar-refractivity contribution in [3.8, 4) is 0 Å². The third-order valence-electron chi connectivity index (χ3n) is 3.02. The number of rotatable bonds is 2. The maximum Gasteiger partial charge on any atom is 0.393 e. The van der Waals surface area contributed by atoms with Gasteiger partial charge in [0.25, 0.3) is 0 Å². The van der Waals surface area contributed by atoms with Gasteiger partial charge >= 0.3 is 6.18 Å². The Bertz CT molecular complexity index is 375. The van der Waals surface area contributed by atoms with E-state index in [1.54, 1.807) is 11.8 Å². The highest BCUT2D eigenvalue weighted by Gasteiger charge is 2.41. The Balaban J connectivity index is 1.94. The number of hydrogen-bond donors (Lipinski definition) is 0.